The van der Waals surface area contributed by atoms with Gasteiger partial charge in [-0.1, -0.05) is 24.3 Å². The first-order chi connectivity index (χ1) is 12.5. The molecule has 0 N–H and O–H groups in total. The SMILES string of the molecule is CN(CC(=O)N1CCN(C(=O)c2cccs2)CC1)Cc1ccccc1F. The number of likely N-dealkylation sites (N-methyl/N-ethyl adjacent to an activating group) is 1. The van der Waals surface area contributed by atoms with Crippen molar-refractivity contribution < 1.29 is 14.0 Å². The molecule has 0 saturated carbocycles. The summed E-state index contributed by atoms with van der Waals surface area (Å²) in [5.74, 6) is -0.219. The van der Waals surface area contributed by atoms with Crippen LogP contribution in [0.25, 0.3) is 0 Å². The molecule has 5 nitrogen and oxygen atoms in total. The topological polar surface area (TPSA) is 43.9 Å². The van der Waals surface area contributed by atoms with Crippen LogP contribution < -0.4 is 0 Å². The van der Waals surface area contributed by atoms with Crippen LogP contribution in [0, 0.1) is 5.82 Å². The molecule has 3 rings (SSSR count). The zero-order valence-electron chi connectivity index (χ0n) is 14.7. The van der Waals surface area contributed by atoms with Gasteiger partial charge < -0.3 is 9.80 Å². The van der Waals surface area contributed by atoms with Crippen LogP contribution in [0.4, 0.5) is 4.39 Å². The molecular formula is C19H22FN3O2S. The first-order valence-electron chi connectivity index (χ1n) is 8.57. The van der Waals surface area contributed by atoms with E-state index in [2.05, 4.69) is 0 Å². The Hall–Kier alpha value is -2.25. The molecule has 7 heteroatoms. The minimum absolute atomic E-state index is 0.00654. The van der Waals surface area contributed by atoms with Crippen LogP contribution in [-0.4, -0.2) is 66.3 Å². The van der Waals surface area contributed by atoms with Gasteiger partial charge in [0, 0.05) is 38.3 Å². The zero-order valence-corrected chi connectivity index (χ0v) is 15.5. The van der Waals surface area contributed by atoms with Crippen molar-refractivity contribution in [3.05, 3.63) is 58.0 Å². The zero-order chi connectivity index (χ0) is 18.5. The summed E-state index contributed by atoms with van der Waals surface area (Å²) >= 11 is 1.43. The largest absolute Gasteiger partial charge is 0.338 e. The van der Waals surface area contributed by atoms with Gasteiger partial charge in [0.15, 0.2) is 0 Å². The summed E-state index contributed by atoms with van der Waals surface area (Å²) in [6.07, 6.45) is 0. The van der Waals surface area contributed by atoms with Crippen molar-refractivity contribution in [3.8, 4) is 0 Å². The quantitative estimate of drug-likeness (QED) is 0.806. The van der Waals surface area contributed by atoms with E-state index in [0.29, 0.717) is 38.3 Å². The molecule has 0 atom stereocenters. The van der Waals surface area contributed by atoms with Crippen molar-refractivity contribution in [1.82, 2.24) is 14.7 Å². The second-order valence-corrected chi connectivity index (χ2v) is 7.36. The molecule has 1 aliphatic rings. The van der Waals surface area contributed by atoms with E-state index in [0.717, 1.165) is 4.88 Å². The van der Waals surface area contributed by atoms with Crippen molar-refractivity contribution in [2.75, 3.05) is 39.8 Å². The van der Waals surface area contributed by atoms with Crippen molar-refractivity contribution >= 4 is 23.2 Å². The Morgan fingerprint density at radius 1 is 1.08 bits per heavy atom. The monoisotopic (exact) mass is 375 g/mol. The van der Waals surface area contributed by atoms with Crippen LogP contribution in [-0.2, 0) is 11.3 Å². The fraction of sp³-hybridized carbons (Fsp3) is 0.368. The summed E-state index contributed by atoms with van der Waals surface area (Å²) in [6.45, 7) is 2.76. The van der Waals surface area contributed by atoms with Crippen LogP contribution >= 0.6 is 11.3 Å². The van der Waals surface area contributed by atoms with E-state index < -0.39 is 0 Å². The number of rotatable bonds is 5. The fourth-order valence-electron chi connectivity index (χ4n) is 3.02. The molecule has 0 radical (unpaired) electrons. The molecule has 1 saturated heterocycles. The number of benzene rings is 1. The lowest BCUT2D eigenvalue weighted by molar-refractivity contribution is -0.133. The summed E-state index contributed by atoms with van der Waals surface area (Å²) in [7, 11) is 1.81. The molecular weight excluding hydrogens is 353 g/mol. The minimum atomic E-state index is -0.257. The number of thiophene rings is 1. The molecule has 0 bridgehead atoms. The molecule has 0 spiro atoms. The smallest absolute Gasteiger partial charge is 0.264 e. The Bertz CT molecular complexity index is 758. The van der Waals surface area contributed by atoms with Gasteiger partial charge in [-0.2, -0.15) is 0 Å². The lowest BCUT2D eigenvalue weighted by Crippen LogP contribution is -2.52. The van der Waals surface area contributed by atoms with Gasteiger partial charge in [0.05, 0.1) is 11.4 Å². The molecule has 1 aliphatic heterocycles. The highest BCUT2D eigenvalue weighted by atomic mass is 32.1. The predicted molar refractivity (Wildman–Crippen MR) is 99.5 cm³/mol. The average Bonchev–Trinajstić information content (AvgIpc) is 3.18. The normalized spacial score (nSPS) is 14.7. The summed E-state index contributed by atoms with van der Waals surface area (Å²) in [6, 6.07) is 10.3. The maximum Gasteiger partial charge on any atom is 0.264 e. The van der Waals surface area contributed by atoms with Crippen LogP contribution in [0.1, 0.15) is 15.2 Å². The van der Waals surface area contributed by atoms with Crippen LogP contribution in [0.3, 0.4) is 0 Å². The maximum absolute atomic E-state index is 13.7. The van der Waals surface area contributed by atoms with Gasteiger partial charge in [0.1, 0.15) is 5.82 Å². The first kappa shape index (κ1) is 18.5. The second kappa shape index (κ2) is 8.42. The summed E-state index contributed by atoms with van der Waals surface area (Å²) < 4.78 is 13.7. The van der Waals surface area contributed by atoms with E-state index in [-0.39, 0.29) is 24.2 Å². The van der Waals surface area contributed by atoms with Gasteiger partial charge in [-0.05, 0) is 24.6 Å². The summed E-state index contributed by atoms with van der Waals surface area (Å²) in [4.78, 5) is 30.9. The number of hydrogen-bond acceptors (Lipinski definition) is 4. The van der Waals surface area contributed by atoms with Crippen LogP contribution in [0.5, 0.6) is 0 Å². The average molecular weight is 375 g/mol. The molecule has 138 valence electrons. The first-order valence-corrected chi connectivity index (χ1v) is 9.45. The van der Waals surface area contributed by atoms with Crippen LogP contribution in [0.2, 0.25) is 0 Å². The van der Waals surface area contributed by atoms with E-state index in [1.54, 1.807) is 35.0 Å². The Labute approximate surface area is 156 Å². The Morgan fingerprint density at radius 2 is 1.77 bits per heavy atom. The van der Waals surface area contributed by atoms with Gasteiger partial charge >= 0.3 is 0 Å². The minimum Gasteiger partial charge on any atom is -0.338 e. The number of carbonyl (C=O) groups is 2. The second-order valence-electron chi connectivity index (χ2n) is 6.41. The third-order valence-electron chi connectivity index (χ3n) is 4.45. The van der Waals surface area contributed by atoms with E-state index in [9.17, 15) is 14.0 Å². The highest BCUT2D eigenvalue weighted by molar-refractivity contribution is 7.12. The fourth-order valence-corrected chi connectivity index (χ4v) is 3.71. The van der Waals surface area contributed by atoms with Gasteiger partial charge in [-0.25, -0.2) is 4.39 Å². The lowest BCUT2D eigenvalue weighted by Gasteiger charge is -2.35. The Morgan fingerprint density at radius 3 is 2.42 bits per heavy atom. The van der Waals surface area contributed by atoms with Gasteiger partial charge in [-0.3, -0.25) is 14.5 Å². The third-order valence-corrected chi connectivity index (χ3v) is 5.31. The number of carbonyl (C=O) groups excluding carboxylic acids is 2. The van der Waals surface area contributed by atoms with Crippen molar-refractivity contribution in [3.63, 3.8) is 0 Å². The Balaban J connectivity index is 1.47. The van der Waals surface area contributed by atoms with E-state index in [4.69, 9.17) is 0 Å². The highest BCUT2D eigenvalue weighted by Crippen LogP contribution is 2.14. The van der Waals surface area contributed by atoms with E-state index >= 15 is 0 Å². The van der Waals surface area contributed by atoms with E-state index in [1.807, 2.05) is 22.4 Å². The molecule has 1 aromatic heterocycles. The molecule has 2 heterocycles. The molecule has 2 amide bonds. The summed E-state index contributed by atoms with van der Waals surface area (Å²) in [5.41, 5.74) is 0.578. The molecule has 2 aromatic rings. The third kappa shape index (κ3) is 4.47. The predicted octanol–water partition coefficient (Wildman–Crippen LogP) is 2.30. The molecule has 26 heavy (non-hydrogen) atoms. The molecule has 0 unspecified atom stereocenters. The Kier molecular flexibility index (Phi) is 6.00. The number of amides is 2. The van der Waals surface area contributed by atoms with Gasteiger partial charge in [0.2, 0.25) is 5.91 Å². The van der Waals surface area contributed by atoms with Crippen molar-refractivity contribution in [1.29, 1.82) is 0 Å². The lowest BCUT2D eigenvalue weighted by atomic mass is 10.2. The van der Waals surface area contributed by atoms with E-state index in [1.165, 1.54) is 17.4 Å². The number of hydrogen-bond donors (Lipinski definition) is 0. The number of halogens is 1. The van der Waals surface area contributed by atoms with Crippen LogP contribution in [0.15, 0.2) is 41.8 Å². The van der Waals surface area contributed by atoms with Gasteiger partial charge in [-0.15, -0.1) is 11.3 Å². The number of nitrogens with zero attached hydrogens (tertiary/aromatic N) is 3. The summed E-state index contributed by atoms with van der Waals surface area (Å²) in [5, 5.41) is 1.89. The maximum atomic E-state index is 13.7. The number of piperazine rings is 1. The molecule has 0 aliphatic carbocycles. The molecule has 1 fully saturated rings. The molecule has 1 aromatic carbocycles. The van der Waals surface area contributed by atoms with Crippen molar-refractivity contribution in [2.24, 2.45) is 0 Å². The van der Waals surface area contributed by atoms with Gasteiger partial charge in [0.25, 0.3) is 5.91 Å². The standard InChI is InChI=1S/C19H22FN3O2S/c1-21(13-15-5-2-3-6-16(15)20)14-18(24)22-8-10-23(11-9-22)19(25)17-7-4-12-26-17/h2-7,12H,8-11,13-14H2,1H3. The highest BCUT2D eigenvalue weighted by Gasteiger charge is 2.25. The van der Waals surface area contributed by atoms with Crippen molar-refractivity contribution in [2.45, 2.75) is 6.54 Å².